The maximum Gasteiger partial charge on any atom is 0.244 e. The molecule has 0 saturated heterocycles. The van der Waals surface area contributed by atoms with E-state index < -0.39 is 16.1 Å². The normalized spacial score (nSPS) is 12.5. The lowest BCUT2D eigenvalue weighted by atomic mass is 10.1. The maximum atomic E-state index is 12.8. The predicted molar refractivity (Wildman–Crippen MR) is 111 cm³/mol. The molecule has 0 aliphatic rings. The minimum Gasteiger partial charge on any atom is -0.350 e. The fourth-order valence-corrected chi connectivity index (χ4v) is 4.17. The molecule has 2 aromatic carbocycles. The van der Waals surface area contributed by atoms with Crippen molar-refractivity contribution in [3.63, 3.8) is 0 Å². The van der Waals surface area contributed by atoms with Gasteiger partial charge in [-0.25, -0.2) is 8.42 Å². The Hall–Kier alpha value is -2.05. The number of nitrogens with zero attached hydrogens (tertiary/aromatic N) is 1. The van der Waals surface area contributed by atoms with E-state index in [1.165, 1.54) is 0 Å². The number of carbonyl (C=O) groups is 1. The highest BCUT2D eigenvalue weighted by molar-refractivity contribution is 7.92. The zero-order valence-electron chi connectivity index (χ0n) is 16.0. The summed E-state index contributed by atoms with van der Waals surface area (Å²) in [5.74, 6) is -0.347. The van der Waals surface area contributed by atoms with Crippen molar-refractivity contribution in [3.05, 3.63) is 64.2 Å². The van der Waals surface area contributed by atoms with Gasteiger partial charge in [0.2, 0.25) is 15.9 Å². The number of amides is 1. The number of rotatable bonds is 7. The summed E-state index contributed by atoms with van der Waals surface area (Å²) < 4.78 is 26.0. The summed E-state index contributed by atoms with van der Waals surface area (Å²) in [5, 5.41) is 3.29. The zero-order valence-corrected chi connectivity index (χ0v) is 17.6. The van der Waals surface area contributed by atoms with Crippen molar-refractivity contribution < 1.29 is 13.2 Å². The molecule has 0 heterocycles. The van der Waals surface area contributed by atoms with Crippen molar-refractivity contribution in [3.8, 4) is 0 Å². The van der Waals surface area contributed by atoms with E-state index in [2.05, 4.69) is 5.32 Å². The predicted octanol–water partition coefficient (Wildman–Crippen LogP) is 3.82. The van der Waals surface area contributed by atoms with E-state index in [0.717, 1.165) is 27.3 Å². The molecule has 0 bridgehead atoms. The van der Waals surface area contributed by atoms with Gasteiger partial charge in [0, 0.05) is 11.6 Å². The lowest BCUT2D eigenvalue weighted by molar-refractivity contribution is -0.122. The quantitative estimate of drug-likeness (QED) is 0.757. The van der Waals surface area contributed by atoms with Crippen LogP contribution in [0, 0.1) is 13.8 Å². The molecule has 5 nitrogen and oxygen atoms in total. The van der Waals surface area contributed by atoms with E-state index in [-0.39, 0.29) is 5.91 Å². The Balaban J connectivity index is 2.27. The molecule has 0 aromatic heterocycles. The number of aryl methyl sites for hydroxylation is 2. The van der Waals surface area contributed by atoms with Crippen LogP contribution >= 0.6 is 11.6 Å². The molecule has 0 aliphatic carbocycles. The molecule has 0 saturated carbocycles. The molecule has 2 rings (SSSR count). The number of nitrogens with one attached hydrogen (secondary N) is 1. The summed E-state index contributed by atoms with van der Waals surface area (Å²) in [5.41, 5.74) is 3.31. The SMILES string of the molecule is CC[C@H](C(=O)NCc1ccc(C)cc1)N(c1ccc(C)c(Cl)c1)S(C)(=O)=O. The fourth-order valence-electron chi connectivity index (χ4n) is 2.79. The number of anilines is 1. The van der Waals surface area contributed by atoms with Crippen LogP contribution in [0.2, 0.25) is 5.02 Å². The first-order valence-corrected chi connectivity index (χ1v) is 10.9. The van der Waals surface area contributed by atoms with Gasteiger partial charge in [0.15, 0.2) is 0 Å². The van der Waals surface area contributed by atoms with Gasteiger partial charge in [0.25, 0.3) is 0 Å². The summed E-state index contributed by atoms with van der Waals surface area (Å²) in [7, 11) is -3.68. The van der Waals surface area contributed by atoms with Gasteiger partial charge in [-0.05, 0) is 43.5 Å². The summed E-state index contributed by atoms with van der Waals surface area (Å²) in [4.78, 5) is 12.8. The van der Waals surface area contributed by atoms with E-state index in [9.17, 15) is 13.2 Å². The Morgan fingerprint density at radius 1 is 1.15 bits per heavy atom. The molecular weight excluding hydrogens is 384 g/mol. The third-order valence-electron chi connectivity index (χ3n) is 4.33. The monoisotopic (exact) mass is 408 g/mol. The Morgan fingerprint density at radius 3 is 2.30 bits per heavy atom. The Bertz CT molecular complexity index is 911. The maximum absolute atomic E-state index is 12.8. The minimum absolute atomic E-state index is 0.332. The smallest absolute Gasteiger partial charge is 0.244 e. The van der Waals surface area contributed by atoms with Crippen molar-refractivity contribution in [2.24, 2.45) is 0 Å². The molecular formula is C20H25ClN2O3S. The van der Waals surface area contributed by atoms with E-state index in [0.29, 0.717) is 23.7 Å². The summed E-state index contributed by atoms with van der Waals surface area (Å²) in [6, 6.07) is 11.9. The second-order valence-electron chi connectivity index (χ2n) is 6.62. The van der Waals surface area contributed by atoms with Crippen LogP contribution in [-0.4, -0.2) is 26.6 Å². The molecule has 146 valence electrons. The number of carbonyl (C=O) groups excluding carboxylic acids is 1. The number of halogens is 1. The topological polar surface area (TPSA) is 66.5 Å². The van der Waals surface area contributed by atoms with Gasteiger partial charge in [-0.15, -0.1) is 0 Å². The zero-order chi connectivity index (χ0) is 20.2. The van der Waals surface area contributed by atoms with Crippen LogP contribution in [0.15, 0.2) is 42.5 Å². The molecule has 1 N–H and O–H groups in total. The minimum atomic E-state index is -3.68. The number of hydrogen-bond acceptors (Lipinski definition) is 3. The van der Waals surface area contributed by atoms with Crippen LogP contribution in [0.25, 0.3) is 0 Å². The molecule has 1 atom stereocenters. The number of hydrogen-bond donors (Lipinski definition) is 1. The molecule has 0 fully saturated rings. The first kappa shape index (κ1) is 21.3. The highest BCUT2D eigenvalue weighted by Crippen LogP contribution is 2.27. The van der Waals surface area contributed by atoms with Crippen molar-refractivity contribution in [1.29, 1.82) is 0 Å². The number of sulfonamides is 1. The van der Waals surface area contributed by atoms with Crippen molar-refractivity contribution in [2.75, 3.05) is 10.6 Å². The molecule has 2 aromatic rings. The number of benzene rings is 2. The average molecular weight is 409 g/mol. The first-order valence-electron chi connectivity index (χ1n) is 8.72. The second-order valence-corrected chi connectivity index (χ2v) is 8.89. The highest BCUT2D eigenvalue weighted by atomic mass is 35.5. The van der Waals surface area contributed by atoms with Crippen molar-refractivity contribution >= 4 is 33.2 Å². The van der Waals surface area contributed by atoms with E-state index in [1.54, 1.807) is 25.1 Å². The van der Waals surface area contributed by atoms with E-state index in [1.807, 2.05) is 38.1 Å². The van der Waals surface area contributed by atoms with Crippen LogP contribution in [0.3, 0.4) is 0 Å². The summed E-state index contributed by atoms with van der Waals surface area (Å²) in [6.45, 7) is 5.95. The van der Waals surface area contributed by atoms with Crippen molar-refractivity contribution in [1.82, 2.24) is 5.32 Å². The van der Waals surface area contributed by atoms with Gasteiger partial charge < -0.3 is 5.32 Å². The second kappa shape index (κ2) is 8.76. The highest BCUT2D eigenvalue weighted by Gasteiger charge is 2.31. The van der Waals surface area contributed by atoms with Gasteiger partial charge in [-0.3, -0.25) is 9.10 Å². The molecule has 0 unspecified atom stereocenters. The van der Waals surface area contributed by atoms with Gasteiger partial charge >= 0.3 is 0 Å². The molecule has 1 amide bonds. The van der Waals surface area contributed by atoms with E-state index >= 15 is 0 Å². The Morgan fingerprint density at radius 2 is 1.78 bits per heavy atom. The van der Waals surface area contributed by atoms with Crippen LogP contribution in [0.5, 0.6) is 0 Å². The Kier molecular flexibility index (Phi) is 6.89. The van der Waals surface area contributed by atoms with E-state index in [4.69, 9.17) is 11.6 Å². The summed E-state index contributed by atoms with van der Waals surface area (Å²) >= 11 is 6.17. The average Bonchev–Trinajstić information content (AvgIpc) is 2.60. The van der Waals surface area contributed by atoms with Crippen LogP contribution < -0.4 is 9.62 Å². The third-order valence-corrected chi connectivity index (χ3v) is 5.91. The Labute approximate surface area is 166 Å². The van der Waals surface area contributed by atoms with Crippen LogP contribution in [0.4, 0.5) is 5.69 Å². The van der Waals surface area contributed by atoms with Crippen molar-refractivity contribution in [2.45, 2.75) is 39.8 Å². The molecule has 27 heavy (non-hydrogen) atoms. The molecule has 7 heteroatoms. The van der Waals surface area contributed by atoms with Gasteiger partial charge in [-0.1, -0.05) is 54.4 Å². The fraction of sp³-hybridized carbons (Fsp3) is 0.350. The summed E-state index contributed by atoms with van der Waals surface area (Å²) in [6.07, 6.45) is 1.43. The molecule has 0 radical (unpaired) electrons. The van der Waals surface area contributed by atoms with Gasteiger partial charge in [0.05, 0.1) is 11.9 Å². The van der Waals surface area contributed by atoms with Crippen LogP contribution in [-0.2, 0) is 21.4 Å². The van der Waals surface area contributed by atoms with Crippen LogP contribution in [0.1, 0.15) is 30.0 Å². The molecule has 0 spiro atoms. The standard InChI is InChI=1S/C20H25ClN2O3S/c1-5-19(20(24)22-13-16-9-6-14(2)7-10-16)23(27(4,25)26)17-11-8-15(3)18(21)12-17/h6-12,19H,5,13H2,1-4H3,(H,22,24)/t19-/m1/s1. The lowest BCUT2D eigenvalue weighted by Crippen LogP contribution is -2.49. The molecule has 0 aliphatic heterocycles. The van der Waals surface area contributed by atoms with Gasteiger partial charge in [-0.2, -0.15) is 0 Å². The third kappa shape index (κ3) is 5.47. The van der Waals surface area contributed by atoms with Gasteiger partial charge in [0.1, 0.15) is 6.04 Å². The first-order chi connectivity index (χ1) is 12.6. The largest absolute Gasteiger partial charge is 0.350 e. The lowest BCUT2D eigenvalue weighted by Gasteiger charge is -2.30.